The van der Waals surface area contributed by atoms with E-state index >= 15 is 0 Å². The van der Waals surface area contributed by atoms with Crippen molar-refractivity contribution < 1.29 is 14.3 Å². The van der Waals surface area contributed by atoms with Crippen LogP contribution in [-0.2, 0) is 14.3 Å². The van der Waals surface area contributed by atoms with Crippen LogP contribution in [0.1, 0.15) is 27.7 Å². The maximum absolute atomic E-state index is 10.6. The lowest BCUT2D eigenvalue weighted by Crippen LogP contribution is -2.31. The van der Waals surface area contributed by atoms with Crippen LogP contribution in [0.25, 0.3) is 0 Å². The van der Waals surface area contributed by atoms with E-state index in [1.54, 1.807) is 0 Å². The van der Waals surface area contributed by atoms with Gasteiger partial charge in [-0.25, -0.2) is 0 Å². The Bertz CT molecular complexity index is 223. The first-order chi connectivity index (χ1) is 9.06. The molecule has 0 atom stereocenters. The monoisotopic (exact) mass is 274 g/mol. The van der Waals surface area contributed by atoms with Gasteiger partial charge in [0, 0.05) is 26.6 Å². The minimum atomic E-state index is -0.0235. The highest BCUT2D eigenvalue weighted by atomic mass is 16.5. The Kier molecular flexibility index (Phi) is 12.0. The number of hydrogen-bond acceptors (Lipinski definition) is 4. The van der Waals surface area contributed by atoms with Crippen molar-refractivity contribution in [2.45, 2.75) is 27.7 Å². The third-order valence-electron chi connectivity index (χ3n) is 2.61. The topological polar surface area (TPSA) is 50.8 Å². The molecule has 0 aliphatic carbocycles. The summed E-state index contributed by atoms with van der Waals surface area (Å²) in [5, 5.41) is 2.68. The predicted octanol–water partition coefficient (Wildman–Crippen LogP) is 1.13. The maximum Gasteiger partial charge on any atom is 0.216 e. The van der Waals surface area contributed by atoms with Crippen molar-refractivity contribution in [3.63, 3.8) is 0 Å². The molecular formula is C14H30N2O3. The van der Waals surface area contributed by atoms with Crippen LogP contribution in [-0.4, -0.2) is 63.4 Å². The summed E-state index contributed by atoms with van der Waals surface area (Å²) in [7, 11) is 0. The molecule has 0 aromatic carbocycles. The van der Waals surface area contributed by atoms with E-state index < -0.39 is 0 Å². The average Bonchev–Trinajstić information content (AvgIpc) is 2.34. The van der Waals surface area contributed by atoms with Gasteiger partial charge >= 0.3 is 0 Å². The van der Waals surface area contributed by atoms with Crippen molar-refractivity contribution in [3.8, 4) is 0 Å². The number of rotatable bonds is 12. The van der Waals surface area contributed by atoms with Crippen LogP contribution < -0.4 is 5.32 Å². The second-order valence-electron chi connectivity index (χ2n) is 4.99. The summed E-state index contributed by atoms with van der Waals surface area (Å²) >= 11 is 0. The molecule has 5 nitrogen and oxygen atoms in total. The van der Waals surface area contributed by atoms with E-state index in [1.165, 1.54) is 6.92 Å². The van der Waals surface area contributed by atoms with Gasteiger partial charge in [-0.05, 0) is 12.5 Å². The highest BCUT2D eigenvalue weighted by Crippen LogP contribution is 1.97. The molecule has 0 radical (unpaired) electrons. The van der Waals surface area contributed by atoms with E-state index in [9.17, 15) is 4.79 Å². The van der Waals surface area contributed by atoms with Gasteiger partial charge in [-0.2, -0.15) is 0 Å². The lowest BCUT2D eigenvalue weighted by molar-refractivity contribution is -0.119. The smallest absolute Gasteiger partial charge is 0.216 e. The number of carbonyl (C=O) groups excluding carboxylic acids is 1. The van der Waals surface area contributed by atoms with Crippen molar-refractivity contribution in [1.29, 1.82) is 0 Å². The predicted molar refractivity (Wildman–Crippen MR) is 77.3 cm³/mol. The summed E-state index contributed by atoms with van der Waals surface area (Å²) in [6.07, 6.45) is 0. The molecule has 19 heavy (non-hydrogen) atoms. The molecule has 0 bridgehead atoms. The summed E-state index contributed by atoms with van der Waals surface area (Å²) in [5.74, 6) is 0.668. The van der Waals surface area contributed by atoms with Gasteiger partial charge < -0.3 is 19.7 Å². The lowest BCUT2D eigenvalue weighted by Gasteiger charge is -2.22. The maximum atomic E-state index is 10.6. The van der Waals surface area contributed by atoms with Crippen LogP contribution in [0.15, 0.2) is 0 Å². The summed E-state index contributed by atoms with van der Waals surface area (Å²) in [4.78, 5) is 13.0. The molecule has 0 aliphatic heterocycles. The highest BCUT2D eigenvalue weighted by Gasteiger charge is 2.04. The Balaban J connectivity index is 3.27. The van der Waals surface area contributed by atoms with E-state index in [0.29, 0.717) is 32.3 Å². The molecule has 1 amide bonds. The summed E-state index contributed by atoms with van der Waals surface area (Å²) < 4.78 is 10.8. The fourth-order valence-corrected chi connectivity index (χ4v) is 1.71. The van der Waals surface area contributed by atoms with Crippen molar-refractivity contribution in [2.75, 3.05) is 52.6 Å². The van der Waals surface area contributed by atoms with Crippen LogP contribution in [0.3, 0.4) is 0 Å². The third kappa shape index (κ3) is 13.6. The van der Waals surface area contributed by atoms with Crippen molar-refractivity contribution in [2.24, 2.45) is 5.92 Å². The molecule has 0 aromatic heterocycles. The van der Waals surface area contributed by atoms with Gasteiger partial charge in [-0.15, -0.1) is 0 Å². The Morgan fingerprint density at radius 3 is 2.32 bits per heavy atom. The number of hydrogen-bond donors (Lipinski definition) is 1. The van der Waals surface area contributed by atoms with Crippen molar-refractivity contribution >= 4 is 5.91 Å². The first-order valence-electron chi connectivity index (χ1n) is 7.18. The number of amides is 1. The number of nitrogens with one attached hydrogen (secondary N) is 1. The Labute approximate surface area is 117 Å². The Hall–Kier alpha value is -0.650. The van der Waals surface area contributed by atoms with E-state index in [2.05, 4.69) is 31.0 Å². The summed E-state index contributed by atoms with van der Waals surface area (Å²) in [6.45, 7) is 14.3. The molecule has 0 saturated carbocycles. The van der Waals surface area contributed by atoms with Gasteiger partial charge in [-0.1, -0.05) is 20.8 Å². The zero-order valence-electron chi connectivity index (χ0n) is 12.9. The molecule has 0 saturated heterocycles. The number of nitrogens with zero attached hydrogens (tertiary/aromatic N) is 1. The fourth-order valence-electron chi connectivity index (χ4n) is 1.71. The largest absolute Gasteiger partial charge is 0.378 e. The normalized spacial score (nSPS) is 11.3. The molecular weight excluding hydrogens is 244 g/mol. The van der Waals surface area contributed by atoms with Gasteiger partial charge in [0.15, 0.2) is 0 Å². The molecule has 0 unspecified atom stereocenters. The van der Waals surface area contributed by atoms with E-state index in [0.717, 1.165) is 26.2 Å². The van der Waals surface area contributed by atoms with Crippen LogP contribution in [0, 0.1) is 5.92 Å². The molecule has 1 N–H and O–H groups in total. The van der Waals surface area contributed by atoms with E-state index in [-0.39, 0.29) is 5.91 Å². The summed E-state index contributed by atoms with van der Waals surface area (Å²) in [5.41, 5.74) is 0. The number of ether oxygens (including phenoxy) is 2. The fraction of sp³-hybridized carbons (Fsp3) is 0.929. The zero-order chi connectivity index (χ0) is 14.5. The van der Waals surface area contributed by atoms with Crippen molar-refractivity contribution in [3.05, 3.63) is 0 Å². The molecule has 0 spiro atoms. The SMILES string of the molecule is CCN(CCOCCOCCNC(C)=O)CC(C)C. The van der Waals surface area contributed by atoms with Gasteiger partial charge in [0.25, 0.3) is 0 Å². The first kappa shape index (κ1) is 18.4. The molecule has 0 aromatic rings. The quantitative estimate of drug-likeness (QED) is 0.542. The third-order valence-corrected chi connectivity index (χ3v) is 2.61. The number of likely N-dealkylation sites (N-methyl/N-ethyl adjacent to an activating group) is 1. The zero-order valence-corrected chi connectivity index (χ0v) is 12.9. The average molecular weight is 274 g/mol. The van der Waals surface area contributed by atoms with Gasteiger partial charge in [-0.3, -0.25) is 4.79 Å². The van der Waals surface area contributed by atoms with E-state index in [4.69, 9.17) is 9.47 Å². The van der Waals surface area contributed by atoms with Crippen molar-refractivity contribution in [1.82, 2.24) is 10.2 Å². The van der Waals surface area contributed by atoms with Crippen LogP contribution in [0.5, 0.6) is 0 Å². The van der Waals surface area contributed by atoms with Gasteiger partial charge in [0.2, 0.25) is 5.91 Å². The second-order valence-corrected chi connectivity index (χ2v) is 4.99. The Morgan fingerprint density at radius 1 is 1.16 bits per heavy atom. The van der Waals surface area contributed by atoms with Gasteiger partial charge in [0.05, 0.1) is 26.4 Å². The lowest BCUT2D eigenvalue weighted by atomic mass is 10.2. The van der Waals surface area contributed by atoms with Gasteiger partial charge in [0.1, 0.15) is 0 Å². The second kappa shape index (κ2) is 12.4. The van der Waals surface area contributed by atoms with Crippen LogP contribution in [0.2, 0.25) is 0 Å². The minimum Gasteiger partial charge on any atom is -0.378 e. The first-order valence-corrected chi connectivity index (χ1v) is 7.18. The Morgan fingerprint density at radius 2 is 1.79 bits per heavy atom. The standard InChI is InChI=1S/C14H30N2O3/c1-5-16(12-13(2)3)7-9-19-11-10-18-8-6-15-14(4)17/h13H,5-12H2,1-4H3,(H,15,17). The summed E-state index contributed by atoms with van der Waals surface area (Å²) in [6, 6.07) is 0. The molecule has 114 valence electrons. The molecule has 0 fully saturated rings. The van der Waals surface area contributed by atoms with Crippen LogP contribution >= 0.6 is 0 Å². The highest BCUT2D eigenvalue weighted by molar-refractivity contribution is 5.72. The minimum absolute atomic E-state index is 0.0235. The molecule has 0 aliphatic rings. The molecule has 5 heteroatoms. The molecule has 0 rings (SSSR count). The van der Waals surface area contributed by atoms with Crippen LogP contribution in [0.4, 0.5) is 0 Å². The van der Waals surface area contributed by atoms with E-state index in [1.807, 2.05) is 0 Å². The number of carbonyl (C=O) groups is 1. The molecule has 0 heterocycles.